The molecule has 0 saturated carbocycles. The van der Waals surface area contributed by atoms with Gasteiger partial charge in [-0.3, -0.25) is 4.79 Å². The molecule has 1 aliphatic rings. The van der Waals surface area contributed by atoms with Gasteiger partial charge in [0.15, 0.2) is 0 Å². The molecule has 1 aromatic carbocycles. The van der Waals surface area contributed by atoms with Crippen molar-refractivity contribution in [1.29, 1.82) is 0 Å². The second kappa shape index (κ2) is 6.15. The molecule has 1 heterocycles. The number of amides is 1. The number of benzene rings is 1. The largest absolute Gasteiger partial charge is 0.350 e. The van der Waals surface area contributed by atoms with Crippen LogP contribution in [-0.2, 0) is 0 Å². The van der Waals surface area contributed by atoms with Gasteiger partial charge in [0.05, 0.1) is 0 Å². The lowest BCUT2D eigenvalue weighted by molar-refractivity contribution is 0.0943. The van der Waals surface area contributed by atoms with Gasteiger partial charge in [-0.15, -0.1) is 0 Å². The molecule has 1 fully saturated rings. The smallest absolute Gasteiger partial charge is 0.251 e. The highest BCUT2D eigenvalue weighted by Gasteiger charge is 2.21. The summed E-state index contributed by atoms with van der Waals surface area (Å²) in [7, 11) is 0. The number of hydrogen-bond donors (Lipinski definition) is 2. The van der Waals surface area contributed by atoms with E-state index in [-0.39, 0.29) is 11.7 Å². The highest BCUT2D eigenvalue weighted by molar-refractivity contribution is 5.94. The van der Waals surface area contributed by atoms with Crippen LogP contribution in [0.3, 0.4) is 0 Å². The number of aryl methyl sites for hydroxylation is 1. The summed E-state index contributed by atoms with van der Waals surface area (Å²) in [6.07, 6.45) is 2.38. The minimum Gasteiger partial charge on any atom is -0.350 e. The van der Waals surface area contributed by atoms with Crippen LogP contribution in [-0.4, -0.2) is 25.0 Å². The lowest BCUT2D eigenvalue weighted by Crippen LogP contribution is -2.47. The fourth-order valence-corrected chi connectivity index (χ4v) is 2.43. The Morgan fingerprint density at radius 2 is 2.32 bits per heavy atom. The van der Waals surface area contributed by atoms with E-state index in [9.17, 15) is 9.18 Å². The van der Waals surface area contributed by atoms with Crippen molar-refractivity contribution in [2.75, 3.05) is 13.1 Å². The molecule has 1 aromatic rings. The molecule has 2 atom stereocenters. The van der Waals surface area contributed by atoms with Crippen molar-refractivity contribution in [3.63, 3.8) is 0 Å². The number of carbonyl (C=O) groups excluding carboxylic acids is 1. The van der Waals surface area contributed by atoms with E-state index in [1.165, 1.54) is 18.9 Å². The van der Waals surface area contributed by atoms with E-state index >= 15 is 0 Å². The van der Waals surface area contributed by atoms with Crippen LogP contribution >= 0.6 is 0 Å². The molecule has 3 nitrogen and oxygen atoms in total. The van der Waals surface area contributed by atoms with Crippen LogP contribution in [0.5, 0.6) is 0 Å². The summed E-state index contributed by atoms with van der Waals surface area (Å²) in [5, 5.41) is 6.29. The summed E-state index contributed by atoms with van der Waals surface area (Å²) >= 11 is 0. The van der Waals surface area contributed by atoms with Gasteiger partial charge in [-0.2, -0.15) is 0 Å². The summed E-state index contributed by atoms with van der Waals surface area (Å²) in [6, 6.07) is 4.90. The lowest BCUT2D eigenvalue weighted by Gasteiger charge is -2.30. The van der Waals surface area contributed by atoms with Crippen molar-refractivity contribution in [3.8, 4) is 0 Å². The Labute approximate surface area is 113 Å². The maximum Gasteiger partial charge on any atom is 0.251 e. The summed E-state index contributed by atoms with van der Waals surface area (Å²) < 4.78 is 13.4. The first-order valence-corrected chi connectivity index (χ1v) is 6.85. The molecule has 0 bridgehead atoms. The predicted octanol–water partition coefficient (Wildman–Crippen LogP) is 2.25. The zero-order valence-electron chi connectivity index (χ0n) is 11.5. The Hall–Kier alpha value is -1.42. The quantitative estimate of drug-likeness (QED) is 0.879. The van der Waals surface area contributed by atoms with Gasteiger partial charge >= 0.3 is 0 Å². The molecule has 1 saturated heterocycles. The highest BCUT2D eigenvalue weighted by atomic mass is 19.1. The first-order chi connectivity index (χ1) is 9.08. The van der Waals surface area contributed by atoms with Gasteiger partial charge in [0.25, 0.3) is 5.91 Å². The second-order valence-corrected chi connectivity index (χ2v) is 5.35. The minimum atomic E-state index is -0.336. The summed E-state index contributed by atoms with van der Waals surface area (Å²) in [4.78, 5) is 12.0. The van der Waals surface area contributed by atoms with E-state index in [1.54, 1.807) is 19.1 Å². The molecule has 0 radical (unpaired) electrons. The van der Waals surface area contributed by atoms with Crippen molar-refractivity contribution >= 4 is 5.91 Å². The Morgan fingerprint density at radius 1 is 1.53 bits per heavy atom. The summed E-state index contributed by atoms with van der Waals surface area (Å²) in [6.45, 7) is 5.47. The predicted molar refractivity (Wildman–Crippen MR) is 73.7 cm³/mol. The van der Waals surface area contributed by atoms with Crippen LogP contribution in [0, 0.1) is 18.7 Å². The molecule has 0 aliphatic carbocycles. The van der Waals surface area contributed by atoms with Gasteiger partial charge in [0, 0.05) is 18.2 Å². The molecular formula is C15H21FN2O. The van der Waals surface area contributed by atoms with Crippen molar-refractivity contribution in [1.82, 2.24) is 10.6 Å². The molecule has 1 aliphatic heterocycles. The maximum absolute atomic E-state index is 13.4. The first kappa shape index (κ1) is 14.0. The number of rotatable bonds is 3. The van der Waals surface area contributed by atoms with Gasteiger partial charge < -0.3 is 10.6 Å². The third kappa shape index (κ3) is 3.53. The summed E-state index contributed by atoms with van der Waals surface area (Å²) in [5.74, 6) is 0.0130. The van der Waals surface area contributed by atoms with Crippen LogP contribution in [0.15, 0.2) is 18.2 Å². The number of carbonyl (C=O) groups is 1. The fraction of sp³-hybridized carbons (Fsp3) is 0.533. The Bertz CT molecular complexity index is 461. The molecular weight excluding hydrogens is 243 g/mol. The average Bonchev–Trinajstić information content (AvgIpc) is 2.40. The van der Waals surface area contributed by atoms with Crippen molar-refractivity contribution in [2.45, 2.75) is 32.7 Å². The van der Waals surface area contributed by atoms with Crippen LogP contribution in [0.25, 0.3) is 0 Å². The third-order valence-corrected chi connectivity index (χ3v) is 3.85. The van der Waals surface area contributed by atoms with Crippen LogP contribution in [0.4, 0.5) is 4.39 Å². The minimum absolute atomic E-state index is 0.210. The number of nitrogens with one attached hydrogen (secondary N) is 2. The molecule has 4 heteroatoms. The molecule has 104 valence electrons. The maximum atomic E-state index is 13.4. The Balaban J connectivity index is 1.91. The van der Waals surface area contributed by atoms with Gasteiger partial charge in [0.1, 0.15) is 5.82 Å². The van der Waals surface area contributed by atoms with E-state index in [4.69, 9.17) is 0 Å². The standard InChI is InChI=1S/C15H21FN2O/c1-10-5-6-12(8-13(10)16)15(19)18-9-14-11(2)4-3-7-17-14/h5-6,8,11,14,17H,3-4,7,9H2,1-2H3,(H,18,19). The number of halogens is 1. The van der Waals surface area contributed by atoms with Crippen molar-refractivity contribution < 1.29 is 9.18 Å². The zero-order valence-corrected chi connectivity index (χ0v) is 11.5. The molecule has 0 spiro atoms. The van der Waals surface area contributed by atoms with Crippen molar-refractivity contribution in [3.05, 3.63) is 35.1 Å². The topological polar surface area (TPSA) is 41.1 Å². The van der Waals surface area contributed by atoms with Crippen LogP contribution < -0.4 is 10.6 Å². The van der Waals surface area contributed by atoms with Crippen molar-refractivity contribution in [2.24, 2.45) is 5.92 Å². The van der Waals surface area contributed by atoms with Crippen LogP contribution in [0.2, 0.25) is 0 Å². The fourth-order valence-electron chi connectivity index (χ4n) is 2.43. The Morgan fingerprint density at radius 3 is 3.00 bits per heavy atom. The van der Waals surface area contributed by atoms with Crippen LogP contribution in [0.1, 0.15) is 35.7 Å². The van der Waals surface area contributed by atoms with Gasteiger partial charge in [-0.05, 0) is 49.9 Å². The zero-order chi connectivity index (χ0) is 13.8. The molecule has 19 heavy (non-hydrogen) atoms. The Kier molecular flexibility index (Phi) is 4.53. The van der Waals surface area contributed by atoms with E-state index in [2.05, 4.69) is 17.6 Å². The highest BCUT2D eigenvalue weighted by Crippen LogP contribution is 2.15. The molecule has 2 unspecified atom stereocenters. The van der Waals surface area contributed by atoms with E-state index in [0.717, 1.165) is 6.54 Å². The van der Waals surface area contributed by atoms with E-state index in [0.29, 0.717) is 29.6 Å². The molecule has 2 rings (SSSR count). The molecule has 0 aromatic heterocycles. The van der Waals surface area contributed by atoms with Gasteiger partial charge in [0.2, 0.25) is 0 Å². The summed E-state index contributed by atoms with van der Waals surface area (Å²) in [5.41, 5.74) is 0.936. The SMILES string of the molecule is Cc1ccc(C(=O)NCC2NCCCC2C)cc1F. The average molecular weight is 264 g/mol. The monoisotopic (exact) mass is 264 g/mol. The van der Waals surface area contributed by atoms with E-state index in [1.807, 2.05) is 0 Å². The first-order valence-electron chi connectivity index (χ1n) is 6.85. The normalized spacial score (nSPS) is 23.1. The van der Waals surface area contributed by atoms with Gasteiger partial charge in [-0.25, -0.2) is 4.39 Å². The molecule has 1 amide bonds. The van der Waals surface area contributed by atoms with Gasteiger partial charge in [-0.1, -0.05) is 13.0 Å². The third-order valence-electron chi connectivity index (χ3n) is 3.85. The molecule has 2 N–H and O–H groups in total. The second-order valence-electron chi connectivity index (χ2n) is 5.35. The number of hydrogen-bond acceptors (Lipinski definition) is 2. The lowest BCUT2D eigenvalue weighted by atomic mass is 9.93. The number of piperidine rings is 1. The van der Waals surface area contributed by atoms with E-state index < -0.39 is 0 Å².